The molecule has 0 bridgehead atoms. The van der Waals surface area contributed by atoms with Crippen molar-refractivity contribution in [3.63, 3.8) is 0 Å². The van der Waals surface area contributed by atoms with Crippen LogP contribution < -0.4 is 20.6 Å². The molecule has 0 saturated heterocycles. The molecule has 0 aliphatic carbocycles. The number of carboxylic acids is 1. The summed E-state index contributed by atoms with van der Waals surface area (Å²) in [4.78, 5) is 23.5. The maximum absolute atomic E-state index is 13.3. The normalized spacial score (nSPS) is 14.9. The van der Waals surface area contributed by atoms with Crippen molar-refractivity contribution >= 4 is 104 Å². The third-order valence-corrected chi connectivity index (χ3v) is 12.0. The monoisotopic (exact) mass is 918 g/mol. The molecule has 22 nitrogen and oxygen atoms in total. The number of carboxylic acid groups (broad SMARTS) is 1. The zero-order chi connectivity index (χ0) is 45.6. The lowest BCUT2D eigenvalue weighted by Gasteiger charge is -2.17. The summed E-state index contributed by atoms with van der Waals surface area (Å²) in [6.07, 6.45) is 0. The number of aromatic hydroxyl groups is 1. The Hall–Kier alpha value is -7.26. The highest BCUT2D eigenvalue weighted by molar-refractivity contribution is 7.86. The molecule has 7 N–H and O–H groups in total. The molecule has 6 aromatic rings. The van der Waals surface area contributed by atoms with Crippen LogP contribution in [0.4, 0.5) is 34.1 Å². The Kier molecular flexibility index (Phi) is 11.5. The molecule has 63 heavy (non-hydrogen) atoms. The molecule has 0 spiro atoms. The number of amides is 1. The Morgan fingerprint density at radius 1 is 0.746 bits per heavy atom. The Labute approximate surface area is 356 Å². The molecule has 1 atom stereocenters. The number of phenols is 1. The highest BCUT2D eigenvalue weighted by Gasteiger charge is 2.40. The zero-order valence-electron chi connectivity index (χ0n) is 32.1. The number of anilines is 2. The number of ether oxygens (including phenoxy) is 1. The fourth-order valence-corrected chi connectivity index (χ4v) is 8.35. The summed E-state index contributed by atoms with van der Waals surface area (Å²) in [7, 11) is -13.1. The quantitative estimate of drug-likeness (QED) is 0.0376. The van der Waals surface area contributed by atoms with Gasteiger partial charge in [0.2, 0.25) is 0 Å². The molecule has 1 aliphatic rings. The molecular weight excluding hydrogens is 889 g/mol. The van der Waals surface area contributed by atoms with E-state index in [0.717, 1.165) is 30.3 Å². The number of benzene rings is 6. The smallest absolute Gasteiger partial charge is 0.354 e. The van der Waals surface area contributed by atoms with Gasteiger partial charge < -0.3 is 20.4 Å². The lowest BCUT2D eigenvalue weighted by Crippen LogP contribution is -2.48. The van der Waals surface area contributed by atoms with E-state index in [2.05, 4.69) is 36.4 Å². The van der Waals surface area contributed by atoms with Crippen molar-refractivity contribution in [2.24, 2.45) is 25.6 Å². The lowest BCUT2D eigenvalue weighted by atomic mass is 10.1. The minimum absolute atomic E-state index is 0.00380. The number of hydrazone groups is 1. The summed E-state index contributed by atoms with van der Waals surface area (Å²) in [5.41, 5.74) is 4.37. The van der Waals surface area contributed by atoms with E-state index in [4.69, 9.17) is 4.74 Å². The molecule has 1 heterocycles. The van der Waals surface area contributed by atoms with Gasteiger partial charge in [0.15, 0.2) is 17.5 Å². The highest BCUT2D eigenvalue weighted by Crippen LogP contribution is 2.44. The van der Waals surface area contributed by atoms with Crippen LogP contribution in [-0.2, 0) is 39.9 Å². The second kappa shape index (κ2) is 16.5. The van der Waals surface area contributed by atoms with Crippen molar-refractivity contribution in [3.05, 3.63) is 103 Å². The van der Waals surface area contributed by atoms with Gasteiger partial charge in [-0.05, 0) is 83.9 Å². The minimum atomic E-state index is -5.10. The number of aliphatic carboxylic acids is 1. The predicted molar refractivity (Wildman–Crippen MR) is 225 cm³/mol. The lowest BCUT2D eigenvalue weighted by molar-refractivity contribution is -0.130. The van der Waals surface area contributed by atoms with E-state index in [0.29, 0.717) is 16.0 Å². The third kappa shape index (κ3) is 8.91. The molecule has 0 aromatic heterocycles. The SMILES string of the molecule is COc1cc(N=Nc2ccc3ccccc3c2S(=O)(=O)O)c(C)cc1N=Nc1c(S(=O)(=O)O)cc2cc(NNC3C(=O)N(c4ccc(S(=O)(=O)O)cc4)N=C3C(=O)O)ccc2c1O. The van der Waals surface area contributed by atoms with Crippen molar-refractivity contribution in [3.8, 4) is 11.5 Å². The number of hydrogen-bond acceptors (Lipinski definition) is 17. The highest BCUT2D eigenvalue weighted by atomic mass is 32.2. The Balaban J connectivity index is 1.16. The van der Waals surface area contributed by atoms with Crippen LogP contribution in [0.2, 0.25) is 0 Å². The van der Waals surface area contributed by atoms with Crippen LogP contribution >= 0.6 is 0 Å². The van der Waals surface area contributed by atoms with E-state index < -0.39 is 80.1 Å². The first kappa shape index (κ1) is 43.8. The van der Waals surface area contributed by atoms with Gasteiger partial charge in [-0.25, -0.2) is 10.2 Å². The molecule has 6 aromatic carbocycles. The van der Waals surface area contributed by atoms with Crippen molar-refractivity contribution in [2.75, 3.05) is 17.5 Å². The van der Waals surface area contributed by atoms with Crippen molar-refractivity contribution in [1.29, 1.82) is 0 Å². The van der Waals surface area contributed by atoms with E-state index in [1.165, 1.54) is 49.6 Å². The van der Waals surface area contributed by atoms with Gasteiger partial charge >= 0.3 is 5.97 Å². The molecule has 0 saturated carbocycles. The molecular formula is C38H30N8O14S3. The van der Waals surface area contributed by atoms with Gasteiger partial charge in [0.1, 0.15) is 32.6 Å². The number of rotatable bonds is 13. The van der Waals surface area contributed by atoms with Gasteiger partial charge in [-0.3, -0.25) is 18.5 Å². The number of azo groups is 2. The standard InChI is InChI=1S/C38H30N8O14S3/c1-19-15-29(30(60-2)18-28(19)41-40-27-14-7-20-5-3-4-6-26(20)36(27)63(57,58)59)42-43-32-31(62(54,55)56)17-21-16-22(8-13-25(21)35(32)47)39-44-33-34(38(49)50)45-46(37(33)48)23-9-11-24(12-10-23)61(51,52)53/h3-18,33,39,44,47H,1-2H3,(H,49,50)(H,51,52,53)(H,54,55,56)(H,57,58,59). The van der Waals surface area contributed by atoms with E-state index in [-0.39, 0.29) is 50.3 Å². The number of methoxy groups -OCH3 is 1. The maximum Gasteiger partial charge on any atom is 0.354 e. The number of carbonyl (C=O) groups excluding carboxylic acids is 1. The number of hydrazine groups is 1. The summed E-state index contributed by atoms with van der Waals surface area (Å²) >= 11 is 0. The minimum Gasteiger partial charge on any atom is -0.505 e. The molecule has 0 fully saturated rings. The van der Waals surface area contributed by atoms with Crippen LogP contribution in [-0.4, -0.2) is 79.9 Å². The molecule has 1 amide bonds. The van der Waals surface area contributed by atoms with E-state index >= 15 is 0 Å². The fraction of sp³-hybridized carbons (Fsp3) is 0.0789. The second-order valence-electron chi connectivity index (χ2n) is 13.4. The van der Waals surface area contributed by atoms with Crippen LogP contribution in [0.15, 0.2) is 137 Å². The van der Waals surface area contributed by atoms with Crippen LogP contribution in [0.25, 0.3) is 21.5 Å². The van der Waals surface area contributed by atoms with Crippen LogP contribution in [0, 0.1) is 6.92 Å². The van der Waals surface area contributed by atoms with Gasteiger partial charge in [0, 0.05) is 22.5 Å². The summed E-state index contributed by atoms with van der Waals surface area (Å²) in [5.74, 6) is -3.18. The number of nitrogens with zero attached hydrogens (tertiary/aromatic N) is 6. The number of phenolic OH excluding ortho intramolecular Hbond substituents is 1. The Bertz CT molecular complexity index is 3340. The first-order valence-corrected chi connectivity index (χ1v) is 22.0. The summed E-state index contributed by atoms with van der Waals surface area (Å²) in [5, 5.41) is 42.6. The van der Waals surface area contributed by atoms with Crippen LogP contribution in [0.1, 0.15) is 5.56 Å². The van der Waals surface area contributed by atoms with Crippen LogP contribution in [0.3, 0.4) is 0 Å². The maximum atomic E-state index is 13.3. The molecule has 1 unspecified atom stereocenters. The van der Waals surface area contributed by atoms with Crippen molar-refractivity contribution in [2.45, 2.75) is 27.7 Å². The van der Waals surface area contributed by atoms with Gasteiger partial charge in [0.25, 0.3) is 36.3 Å². The number of nitrogens with one attached hydrogen (secondary N) is 2. The number of aryl methyl sites for hydroxylation is 1. The van der Waals surface area contributed by atoms with Crippen molar-refractivity contribution in [1.82, 2.24) is 5.43 Å². The Morgan fingerprint density at radius 3 is 2.08 bits per heavy atom. The van der Waals surface area contributed by atoms with Crippen molar-refractivity contribution < 1.29 is 63.5 Å². The third-order valence-electron chi connectivity index (χ3n) is 9.36. The van der Waals surface area contributed by atoms with Crippen LogP contribution in [0.5, 0.6) is 11.5 Å². The first-order valence-electron chi connectivity index (χ1n) is 17.7. The van der Waals surface area contributed by atoms with Gasteiger partial charge in [-0.2, -0.15) is 40.5 Å². The van der Waals surface area contributed by atoms with Gasteiger partial charge in [-0.1, -0.05) is 30.3 Å². The molecule has 25 heteroatoms. The molecule has 0 radical (unpaired) electrons. The van der Waals surface area contributed by atoms with Gasteiger partial charge in [0.05, 0.1) is 23.4 Å². The summed E-state index contributed by atoms with van der Waals surface area (Å²) in [6, 6.07) is 19.8. The Morgan fingerprint density at radius 2 is 1.43 bits per heavy atom. The number of carbonyl (C=O) groups is 2. The topological polar surface area (TPSA) is 336 Å². The first-order chi connectivity index (χ1) is 29.6. The zero-order valence-corrected chi connectivity index (χ0v) is 34.6. The predicted octanol–water partition coefficient (Wildman–Crippen LogP) is 6.36. The van der Waals surface area contributed by atoms with Gasteiger partial charge in [-0.15, -0.1) is 15.3 Å². The average Bonchev–Trinajstić information content (AvgIpc) is 3.56. The molecule has 7 rings (SSSR count). The molecule has 324 valence electrons. The summed E-state index contributed by atoms with van der Waals surface area (Å²) < 4.78 is 108. The molecule has 1 aliphatic heterocycles. The largest absolute Gasteiger partial charge is 0.505 e. The van der Waals surface area contributed by atoms with E-state index in [9.17, 15) is 58.7 Å². The average molecular weight is 919 g/mol. The van der Waals surface area contributed by atoms with E-state index in [1.54, 1.807) is 31.2 Å². The fourth-order valence-electron chi connectivity index (χ4n) is 6.38. The number of fused-ring (bicyclic) bond motifs is 2. The van der Waals surface area contributed by atoms with E-state index in [1.807, 2.05) is 0 Å². The number of hydrogen-bond donors (Lipinski definition) is 7. The summed E-state index contributed by atoms with van der Waals surface area (Å²) in [6.45, 7) is 1.59. The second-order valence-corrected chi connectivity index (χ2v) is 17.6.